The summed E-state index contributed by atoms with van der Waals surface area (Å²) in [5.41, 5.74) is 0.306. The standard InChI is InChI=1S/C30H44F2N4O3/c1-20(2)36-27(37)34(18-26(31)32)19-30(36)13-23-11-12-24(14-30)35(23)16-22-15-33(28(38)39-29(3,4)5)17-25(22)21-9-7-6-8-10-21/h6-10,20,22-26H,11-19H2,1-5H3/t22-,23?,24?,25-,30?/m1/s1. The third-order valence-electron chi connectivity index (χ3n) is 9.12. The second-order valence-corrected chi connectivity index (χ2v) is 13.4. The van der Waals surface area contributed by atoms with Gasteiger partial charge in [0.2, 0.25) is 0 Å². The van der Waals surface area contributed by atoms with Crippen LogP contribution in [0.1, 0.15) is 71.8 Å². The van der Waals surface area contributed by atoms with Crippen molar-refractivity contribution in [1.82, 2.24) is 19.6 Å². The first-order valence-electron chi connectivity index (χ1n) is 14.5. The number of hydrogen-bond donors (Lipinski definition) is 0. The number of nitrogens with zero attached hydrogens (tertiary/aromatic N) is 4. The van der Waals surface area contributed by atoms with Gasteiger partial charge in [-0.15, -0.1) is 0 Å². The van der Waals surface area contributed by atoms with Gasteiger partial charge in [0.25, 0.3) is 6.43 Å². The van der Waals surface area contributed by atoms with Crippen molar-refractivity contribution in [3.8, 4) is 0 Å². The maximum Gasteiger partial charge on any atom is 0.410 e. The number of urea groups is 1. The number of carbonyl (C=O) groups is 2. The number of carbonyl (C=O) groups excluding carboxylic acids is 2. The molecule has 3 amide bonds. The van der Waals surface area contributed by atoms with Gasteiger partial charge in [-0.2, -0.15) is 0 Å². The molecule has 4 aliphatic rings. The van der Waals surface area contributed by atoms with E-state index in [1.54, 1.807) is 0 Å². The quantitative estimate of drug-likeness (QED) is 0.479. The summed E-state index contributed by atoms with van der Waals surface area (Å²) in [6.07, 6.45) is 0.944. The molecule has 5 rings (SSSR count). The molecule has 4 aliphatic heterocycles. The Hall–Kier alpha value is -2.42. The van der Waals surface area contributed by atoms with Gasteiger partial charge in [-0.05, 0) is 71.8 Å². The average molecular weight is 547 g/mol. The van der Waals surface area contributed by atoms with Crippen LogP contribution in [0.4, 0.5) is 18.4 Å². The van der Waals surface area contributed by atoms with Crippen molar-refractivity contribution in [3.05, 3.63) is 35.9 Å². The second-order valence-electron chi connectivity index (χ2n) is 13.4. The molecule has 0 aromatic heterocycles. The van der Waals surface area contributed by atoms with Gasteiger partial charge in [-0.25, -0.2) is 18.4 Å². The number of likely N-dealkylation sites (tertiary alicyclic amines) is 1. The van der Waals surface area contributed by atoms with E-state index in [9.17, 15) is 18.4 Å². The molecule has 2 bridgehead atoms. The molecule has 4 atom stereocenters. The van der Waals surface area contributed by atoms with Crippen molar-refractivity contribution < 1.29 is 23.1 Å². The molecule has 4 fully saturated rings. The third-order valence-corrected chi connectivity index (χ3v) is 9.12. The van der Waals surface area contributed by atoms with Crippen LogP contribution >= 0.6 is 0 Å². The number of alkyl halides is 2. The summed E-state index contributed by atoms with van der Waals surface area (Å²) in [5, 5.41) is 0. The molecule has 0 N–H and O–H groups in total. The Balaban J connectivity index is 1.34. The smallest absolute Gasteiger partial charge is 0.410 e. The van der Waals surface area contributed by atoms with Crippen molar-refractivity contribution in [3.63, 3.8) is 0 Å². The van der Waals surface area contributed by atoms with Crippen molar-refractivity contribution in [1.29, 1.82) is 0 Å². The van der Waals surface area contributed by atoms with Crippen molar-refractivity contribution in [2.45, 2.75) is 102 Å². The van der Waals surface area contributed by atoms with E-state index in [-0.39, 0.29) is 35.5 Å². The number of rotatable bonds is 6. The highest BCUT2D eigenvalue weighted by molar-refractivity contribution is 5.78. The average Bonchev–Trinajstić information content (AvgIpc) is 3.44. The molecule has 2 unspecified atom stereocenters. The molecule has 0 aliphatic carbocycles. The van der Waals surface area contributed by atoms with E-state index < -0.39 is 18.6 Å². The van der Waals surface area contributed by atoms with Crippen LogP contribution in [-0.2, 0) is 4.74 Å². The van der Waals surface area contributed by atoms with E-state index in [1.807, 2.05) is 50.5 Å². The predicted molar refractivity (Wildman–Crippen MR) is 146 cm³/mol. The second kappa shape index (κ2) is 10.5. The van der Waals surface area contributed by atoms with E-state index in [2.05, 4.69) is 29.2 Å². The van der Waals surface area contributed by atoms with Crippen LogP contribution in [0, 0.1) is 5.92 Å². The molecule has 4 saturated heterocycles. The Morgan fingerprint density at radius 1 is 1.08 bits per heavy atom. The largest absolute Gasteiger partial charge is 0.444 e. The molecule has 7 nitrogen and oxygen atoms in total. The van der Waals surface area contributed by atoms with Gasteiger partial charge in [0.1, 0.15) is 5.60 Å². The minimum Gasteiger partial charge on any atom is -0.444 e. The number of piperidine rings is 1. The minimum absolute atomic E-state index is 0.0363. The highest BCUT2D eigenvalue weighted by Gasteiger charge is 2.58. The lowest BCUT2D eigenvalue weighted by atomic mass is 9.80. The van der Waals surface area contributed by atoms with Gasteiger partial charge < -0.3 is 19.4 Å². The third kappa shape index (κ3) is 5.61. The van der Waals surface area contributed by atoms with Gasteiger partial charge >= 0.3 is 12.1 Å². The summed E-state index contributed by atoms with van der Waals surface area (Å²) in [4.78, 5) is 34.0. The van der Waals surface area contributed by atoms with Crippen LogP contribution in [-0.4, -0.2) is 100 Å². The number of amides is 3. The Kier molecular flexibility index (Phi) is 7.59. The predicted octanol–water partition coefficient (Wildman–Crippen LogP) is 5.41. The summed E-state index contributed by atoms with van der Waals surface area (Å²) in [6, 6.07) is 10.8. The fourth-order valence-electron chi connectivity index (χ4n) is 7.85. The van der Waals surface area contributed by atoms with Crippen molar-refractivity contribution in [2.75, 3.05) is 32.7 Å². The molecule has 0 radical (unpaired) electrons. The number of fused-ring (bicyclic) bond motifs is 2. The van der Waals surface area contributed by atoms with Gasteiger partial charge in [-0.3, -0.25) is 4.90 Å². The highest BCUT2D eigenvalue weighted by atomic mass is 19.3. The van der Waals surface area contributed by atoms with Crippen molar-refractivity contribution >= 4 is 12.1 Å². The van der Waals surface area contributed by atoms with Crippen molar-refractivity contribution in [2.24, 2.45) is 5.92 Å². The number of halogens is 2. The first kappa shape index (κ1) is 28.1. The Bertz CT molecular complexity index is 1030. The van der Waals surface area contributed by atoms with Gasteiger partial charge in [0.15, 0.2) is 0 Å². The molecular weight excluding hydrogens is 502 g/mol. The van der Waals surface area contributed by atoms with E-state index >= 15 is 0 Å². The fourth-order valence-corrected chi connectivity index (χ4v) is 7.85. The Morgan fingerprint density at radius 2 is 1.72 bits per heavy atom. The Labute approximate surface area is 231 Å². The zero-order valence-corrected chi connectivity index (χ0v) is 24.0. The molecule has 1 aromatic rings. The molecule has 0 saturated carbocycles. The summed E-state index contributed by atoms with van der Waals surface area (Å²) >= 11 is 0. The van der Waals surface area contributed by atoms with Crippen LogP contribution in [0.15, 0.2) is 30.3 Å². The Morgan fingerprint density at radius 3 is 2.28 bits per heavy atom. The molecule has 4 heterocycles. The van der Waals surface area contributed by atoms with Crippen LogP contribution < -0.4 is 0 Å². The number of ether oxygens (including phenoxy) is 1. The zero-order chi connectivity index (χ0) is 28.1. The van der Waals surface area contributed by atoms with Crippen LogP contribution in [0.2, 0.25) is 0 Å². The summed E-state index contributed by atoms with van der Waals surface area (Å²) < 4.78 is 32.3. The van der Waals surface area contributed by atoms with Crippen LogP contribution in [0.25, 0.3) is 0 Å². The molecule has 1 spiro atoms. The highest BCUT2D eigenvalue weighted by Crippen LogP contribution is 2.48. The monoisotopic (exact) mass is 546 g/mol. The molecular formula is C30H44F2N4O3. The van der Waals surface area contributed by atoms with Gasteiger partial charge in [-0.1, -0.05) is 30.3 Å². The first-order valence-corrected chi connectivity index (χ1v) is 14.5. The normalized spacial score (nSPS) is 31.4. The molecule has 39 heavy (non-hydrogen) atoms. The summed E-state index contributed by atoms with van der Waals surface area (Å²) in [5.74, 6) is 0.481. The van der Waals surface area contributed by atoms with Crippen LogP contribution in [0.5, 0.6) is 0 Å². The lowest BCUT2D eigenvalue weighted by Gasteiger charge is -2.50. The minimum atomic E-state index is -2.53. The van der Waals surface area contributed by atoms with E-state index in [0.717, 1.165) is 32.2 Å². The van der Waals surface area contributed by atoms with E-state index in [0.29, 0.717) is 31.7 Å². The SMILES string of the molecule is CC(C)N1C(=O)N(CC(F)F)CC12CC1CCC(C2)N1C[C@H]1CN(C(=O)OC(C)(C)C)C[C@@H]1c1ccccc1. The van der Waals surface area contributed by atoms with E-state index in [4.69, 9.17) is 4.74 Å². The number of hydrogen-bond acceptors (Lipinski definition) is 4. The van der Waals surface area contributed by atoms with Gasteiger partial charge in [0.05, 0.1) is 12.1 Å². The molecule has 9 heteroatoms. The maximum atomic E-state index is 13.3. The first-order chi connectivity index (χ1) is 18.4. The topological polar surface area (TPSA) is 56.3 Å². The summed E-state index contributed by atoms with van der Waals surface area (Å²) in [6.45, 7) is 11.7. The van der Waals surface area contributed by atoms with Crippen LogP contribution in [0.3, 0.4) is 0 Å². The van der Waals surface area contributed by atoms with E-state index in [1.165, 1.54) is 10.5 Å². The zero-order valence-electron chi connectivity index (χ0n) is 24.0. The fraction of sp³-hybridized carbons (Fsp3) is 0.733. The molecule has 1 aromatic carbocycles. The summed E-state index contributed by atoms with van der Waals surface area (Å²) in [7, 11) is 0. The number of benzene rings is 1. The lowest BCUT2D eigenvalue weighted by molar-refractivity contribution is 0.00768. The molecule has 216 valence electrons. The van der Waals surface area contributed by atoms with Gasteiger partial charge in [0, 0.05) is 50.2 Å². The maximum absolute atomic E-state index is 13.3. The lowest BCUT2D eigenvalue weighted by Crippen LogP contribution is -2.60.